The molecule has 1 aromatic rings. The van der Waals surface area contributed by atoms with E-state index in [1.165, 1.54) is 0 Å². The number of nitrogens with zero attached hydrogens (tertiary/aromatic N) is 3. The van der Waals surface area contributed by atoms with Crippen molar-refractivity contribution in [2.24, 2.45) is 4.99 Å². The van der Waals surface area contributed by atoms with E-state index in [2.05, 4.69) is 4.99 Å². The topological polar surface area (TPSA) is 53.0 Å². The summed E-state index contributed by atoms with van der Waals surface area (Å²) in [7, 11) is 1.81. The highest BCUT2D eigenvalue weighted by Crippen LogP contribution is 2.22. The van der Waals surface area contributed by atoms with Gasteiger partial charge in [0.25, 0.3) is 0 Å². The van der Waals surface area contributed by atoms with Crippen LogP contribution in [0.1, 0.15) is 5.56 Å². The molecule has 18 heavy (non-hydrogen) atoms. The van der Waals surface area contributed by atoms with E-state index in [-0.39, 0.29) is 5.91 Å². The van der Waals surface area contributed by atoms with Gasteiger partial charge in [-0.15, -0.1) is 0 Å². The summed E-state index contributed by atoms with van der Waals surface area (Å²) in [6.07, 6.45) is 1.54. The first-order valence-electron chi connectivity index (χ1n) is 5.83. The van der Waals surface area contributed by atoms with Gasteiger partial charge in [-0.3, -0.25) is 4.79 Å². The molecule has 1 aliphatic heterocycles. The molecule has 5 nitrogen and oxygen atoms in total. The van der Waals surface area contributed by atoms with Crippen LogP contribution in [0.4, 0.5) is 5.69 Å². The van der Waals surface area contributed by atoms with Crippen LogP contribution in [0.25, 0.3) is 0 Å². The average Bonchev–Trinajstić information content (AvgIpc) is 2.40. The van der Waals surface area contributed by atoms with E-state index in [0.29, 0.717) is 19.6 Å². The summed E-state index contributed by atoms with van der Waals surface area (Å²) in [5.74, 6) is 0.106. The predicted molar refractivity (Wildman–Crippen MR) is 68.1 cm³/mol. The Bertz CT molecular complexity index is 495. The van der Waals surface area contributed by atoms with Crippen molar-refractivity contribution in [2.45, 2.75) is 6.54 Å². The van der Waals surface area contributed by atoms with Crippen LogP contribution >= 0.6 is 0 Å². The van der Waals surface area contributed by atoms with Crippen molar-refractivity contribution in [1.82, 2.24) is 4.90 Å². The maximum atomic E-state index is 11.7. The number of benzene rings is 1. The number of isocyanates is 1. The second-order valence-electron chi connectivity index (χ2n) is 4.27. The SMILES string of the molecule is CN1CCN(c2ccccc2CN=C=O)CC1=O. The molecule has 5 heteroatoms. The van der Waals surface area contributed by atoms with E-state index >= 15 is 0 Å². The van der Waals surface area contributed by atoms with E-state index in [1.807, 2.05) is 36.2 Å². The first-order valence-corrected chi connectivity index (χ1v) is 5.83. The van der Waals surface area contributed by atoms with Gasteiger partial charge in [0.2, 0.25) is 12.0 Å². The Balaban J connectivity index is 2.22. The molecule has 1 heterocycles. The number of aliphatic imine (C=N–C) groups is 1. The van der Waals surface area contributed by atoms with Gasteiger partial charge < -0.3 is 9.80 Å². The molecule has 0 aromatic heterocycles. The molecule has 1 saturated heterocycles. The molecular weight excluding hydrogens is 230 g/mol. The van der Waals surface area contributed by atoms with Gasteiger partial charge in [-0.1, -0.05) is 18.2 Å². The number of carbonyl (C=O) groups is 1. The highest BCUT2D eigenvalue weighted by atomic mass is 16.2. The average molecular weight is 245 g/mol. The molecule has 1 aliphatic rings. The van der Waals surface area contributed by atoms with Gasteiger partial charge in [0.05, 0.1) is 13.1 Å². The zero-order valence-corrected chi connectivity index (χ0v) is 10.3. The fourth-order valence-corrected chi connectivity index (χ4v) is 2.03. The Morgan fingerprint density at radius 2 is 2.11 bits per heavy atom. The van der Waals surface area contributed by atoms with Crippen molar-refractivity contribution >= 4 is 17.7 Å². The van der Waals surface area contributed by atoms with Gasteiger partial charge in [0.15, 0.2) is 0 Å². The highest BCUT2D eigenvalue weighted by Gasteiger charge is 2.22. The lowest BCUT2D eigenvalue weighted by Crippen LogP contribution is -2.48. The van der Waals surface area contributed by atoms with Gasteiger partial charge >= 0.3 is 0 Å². The summed E-state index contributed by atoms with van der Waals surface area (Å²) in [6, 6.07) is 7.69. The molecule has 0 unspecified atom stereocenters. The second-order valence-corrected chi connectivity index (χ2v) is 4.27. The van der Waals surface area contributed by atoms with Crippen molar-refractivity contribution in [3.8, 4) is 0 Å². The summed E-state index contributed by atoms with van der Waals surface area (Å²) < 4.78 is 0. The lowest BCUT2D eigenvalue weighted by atomic mass is 10.1. The molecule has 0 atom stereocenters. The molecule has 0 spiro atoms. The number of rotatable bonds is 3. The molecule has 1 aromatic carbocycles. The van der Waals surface area contributed by atoms with Crippen LogP contribution in [-0.4, -0.2) is 43.6 Å². The maximum Gasteiger partial charge on any atom is 0.241 e. The number of hydrogen-bond acceptors (Lipinski definition) is 4. The number of hydrogen-bond donors (Lipinski definition) is 0. The maximum absolute atomic E-state index is 11.7. The molecule has 0 radical (unpaired) electrons. The van der Waals surface area contributed by atoms with Crippen molar-refractivity contribution in [3.63, 3.8) is 0 Å². The first-order chi connectivity index (χ1) is 8.72. The highest BCUT2D eigenvalue weighted by molar-refractivity contribution is 5.83. The van der Waals surface area contributed by atoms with Gasteiger partial charge in [0.1, 0.15) is 0 Å². The smallest absolute Gasteiger partial charge is 0.241 e. The summed E-state index contributed by atoms with van der Waals surface area (Å²) in [5, 5.41) is 0. The van der Waals surface area contributed by atoms with E-state index in [4.69, 9.17) is 0 Å². The minimum Gasteiger partial charge on any atom is -0.360 e. The molecule has 94 valence electrons. The number of anilines is 1. The van der Waals surface area contributed by atoms with Crippen LogP contribution in [0.3, 0.4) is 0 Å². The fraction of sp³-hybridized carbons (Fsp3) is 0.385. The predicted octanol–water partition coefficient (Wildman–Crippen LogP) is 0.801. The third-order valence-electron chi connectivity index (χ3n) is 3.10. The fourth-order valence-electron chi connectivity index (χ4n) is 2.03. The standard InChI is InChI=1S/C13H15N3O2/c1-15-6-7-16(9-13(15)18)12-5-3-2-4-11(12)8-14-10-17/h2-5H,6-9H2,1H3. The Hall–Kier alpha value is -2.13. The Morgan fingerprint density at radius 3 is 2.83 bits per heavy atom. The third-order valence-corrected chi connectivity index (χ3v) is 3.10. The molecule has 1 amide bonds. The minimum atomic E-state index is 0.106. The number of piperazine rings is 1. The molecule has 0 aliphatic carbocycles. The van der Waals surface area contributed by atoms with Crippen LogP contribution in [0.5, 0.6) is 0 Å². The zero-order valence-electron chi connectivity index (χ0n) is 10.3. The van der Waals surface area contributed by atoms with Crippen molar-refractivity contribution in [1.29, 1.82) is 0 Å². The minimum absolute atomic E-state index is 0.106. The van der Waals surface area contributed by atoms with Gasteiger partial charge in [-0.25, -0.2) is 9.79 Å². The van der Waals surface area contributed by atoms with Gasteiger partial charge in [-0.2, -0.15) is 0 Å². The second kappa shape index (κ2) is 5.47. The molecule has 1 fully saturated rings. The lowest BCUT2D eigenvalue weighted by Gasteiger charge is -2.34. The molecular formula is C13H15N3O2. The summed E-state index contributed by atoms with van der Waals surface area (Å²) in [5.41, 5.74) is 1.91. The largest absolute Gasteiger partial charge is 0.360 e. The van der Waals surface area contributed by atoms with E-state index in [1.54, 1.807) is 11.0 Å². The van der Waals surface area contributed by atoms with Crippen LogP contribution in [0, 0.1) is 0 Å². The summed E-state index contributed by atoms with van der Waals surface area (Å²) in [6.45, 7) is 2.19. The number of para-hydroxylation sites is 1. The quantitative estimate of drug-likeness (QED) is 0.584. The Kier molecular flexibility index (Phi) is 3.75. The number of carbonyl (C=O) groups excluding carboxylic acids is 2. The lowest BCUT2D eigenvalue weighted by molar-refractivity contribution is -0.129. The van der Waals surface area contributed by atoms with Crippen LogP contribution < -0.4 is 4.90 Å². The number of amides is 1. The summed E-state index contributed by atoms with van der Waals surface area (Å²) in [4.78, 5) is 29.3. The first kappa shape index (κ1) is 12.3. The van der Waals surface area contributed by atoms with Crippen molar-refractivity contribution in [2.75, 3.05) is 31.6 Å². The van der Waals surface area contributed by atoms with E-state index in [0.717, 1.165) is 17.8 Å². The van der Waals surface area contributed by atoms with Crippen LogP contribution in [0.15, 0.2) is 29.3 Å². The third kappa shape index (κ3) is 2.57. The van der Waals surface area contributed by atoms with E-state index in [9.17, 15) is 9.59 Å². The molecule has 0 bridgehead atoms. The Morgan fingerprint density at radius 1 is 1.33 bits per heavy atom. The number of likely N-dealkylation sites (N-methyl/N-ethyl adjacent to an activating group) is 1. The van der Waals surface area contributed by atoms with Gasteiger partial charge in [0, 0.05) is 25.8 Å². The van der Waals surface area contributed by atoms with Crippen LogP contribution in [-0.2, 0) is 16.1 Å². The van der Waals surface area contributed by atoms with Gasteiger partial charge in [-0.05, 0) is 11.6 Å². The Labute approximate surface area is 106 Å². The van der Waals surface area contributed by atoms with E-state index < -0.39 is 0 Å². The normalized spacial score (nSPS) is 15.5. The zero-order chi connectivity index (χ0) is 13.0. The summed E-state index contributed by atoms with van der Waals surface area (Å²) >= 11 is 0. The molecule has 0 N–H and O–H groups in total. The van der Waals surface area contributed by atoms with Crippen molar-refractivity contribution < 1.29 is 9.59 Å². The monoisotopic (exact) mass is 245 g/mol. The van der Waals surface area contributed by atoms with Crippen LogP contribution in [0.2, 0.25) is 0 Å². The van der Waals surface area contributed by atoms with Crippen molar-refractivity contribution in [3.05, 3.63) is 29.8 Å². The molecule has 2 rings (SSSR count). The molecule has 0 saturated carbocycles.